The molecule has 1 aromatic carbocycles. The molecule has 76 valence electrons. The van der Waals surface area contributed by atoms with E-state index < -0.39 is 0 Å². The van der Waals surface area contributed by atoms with Crippen LogP contribution in [0.3, 0.4) is 0 Å². The zero-order valence-electron chi connectivity index (χ0n) is 8.54. The van der Waals surface area contributed by atoms with Gasteiger partial charge in [0.25, 0.3) is 0 Å². The summed E-state index contributed by atoms with van der Waals surface area (Å²) < 4.78 is 10.5. The highest BCUT2D eigenvalue weighted by Gasteiger charge is 2.23. The van der Waals surface area contributed by atoms with Crippen LogP contribution in [0.25, 0.3) is 0 Å². The smallest absolute Gasteiger partial charge is 0.126 e. The molecule has 3 heteroatoms. The lowest BCUT2D eigenvalue weighted by Crippen LogP contribution is -2.05. The van der Waals surface area contributed by atoms with E-state index in [0.29, 0.717) is 0 Å². The summed E-state index contributed by atoms with van der Waals surface area (Å²) in [5.74, 6) is 1.71. The molecule has 0 radical (unpaired) electrons. The Bertz CT molecular complexity index is 349. The van der Waals surface area contributed by atoms with Crippen molar-refractivity contribution in [2.75, 3.05) is 14.2 Å². The topological polar surface area (TPSA) is 44.5 Å². The lowest BCUT2D eigenvalue weighted by molar-refractivity contribution is 0.391. The first-order valence-corrected chi connectivity index (χ1v) is 4.76. The van der Waals surface area contributed by atoms with Crippen LogP contribution in [0, 0.1) is 0 Å². The molecule has 1 unspecified atom stereocenters. The number of hydrogen-bond acceptors (Lipinski definition) is 3. The molecule has 1 atom stereocenters. The van der Waals surface area contributed by atoms with Crippen molar-refractivity contribution in [2.45, 2.75) is 18.9 Å². The Morgan fingerprint density at radius 2 is 2.07 bits per heavy atom. The third-order valence-corrected chi connectivity index (χ3v) is 2.78. The maximum Gasteiger partial charge on any atom is 0.126 e. The van der Waals surface area contributed by atoms with E-state index >= 15 is 0 Å². The molecule has 0 bridgehead atoms. The van der Waals surface area contributed by atoms with Crippen molar-refractivity contribution in [3.63, 3.8) is 0 Å². The van der Waals surface area contributed by atoms with Crippen LogP contribution >= 0.6 is 0 Å². The molecule has 0 saturated carbocycles. The van der Waals surface area contributed by atoms with E-state index in [1.165, 1.54) is 11.1 Å². The van der Waals surface area contributed by atoms with Crippen LogP contribution in [0.2, 0.25) is 0 Å². The molecule has 3 nitrogen and oxygen atoms in total. The fraction of sp³-hybridized carbons (Fsp3) is 0.455. The van der Waals surface area contributed by atoms with Gasteiger partial charge in [0.15, 0.2) is 0 Å². The van der Waals surface area contributed by atoms with E-state index in [0.717, 1.165) is 24.3 Å². The molecule has 1 aliphatic carbocycles. The van der Waals surface area contributed by atoms with Crippen molar-refractivity contribution in [3.05, 3.63) is 23.3 Å². The molecule has 2 rings (SSSR count). The minimum absolute atomic E-state index is 0.133. The van der Waals surface area contributed by atoms with Gasteiger partial charge in [-0.25, -0.2) is 0 Å². The summed E-state index contributed by atoms with van der Waals surface area (Å²) in [5.41, 5.74) is 8.39. The van der Waals surface area contributed by atoms with E-state index in [-0.39, 0.29) is 6.04 Å². The van der Waals surface area contributed by atoms with Gasteiger partial charge >= 0.3 is 0 Å². The van der Waals surface area contributed by atoms with Crippen molar-refractivity contribution < 1.29 is 9.47 Å². The maximum absolute atomic E-state index is 5.98. The highest BCUT2D eigenvalue weighted by molar-refractivity contribution is 5.50. The van der Waals surface area contributed by atoms with Gasteiger partial charge in [0.1, 0.15) is 11.5 Å². The Hall–Kier alpha value is -1.22. The summed E-state index contributed by atoms with van der Waals surface area (Å²) in [6.07, 6.45) is 2.00. The summed E-state index contributed by atoms with van der Waals surface area (Å²) in [4.78, 5) is 0. The molecule has 0 aromatic heterocycles. The van der Waals surface area contributed by atoms with Crippen LogP contribution in [0.5, 0.6) is 11.5 Å². The lowest BCUT2D eigenvalue weighted by Gasteiger charge is -2.11. The summed E-state index contributed by atoms with van der Waals surface area (Å²) in [6, 6.07) is 4.06. The Kier molecular flexibility index (Phi) is 2.33. The van der Waals surface area contributed by atoms with Crippen LogP contribution in [0.15, 0.2) is 12.1 Å². The first-order chi connectivity index (χ1) is 6.76. The highest BCUT2D eigenvalue weighted by atomic mass is 16.5. The molecule has 0 heterocycles. The average Bonchev–Trinajstić information content (AvgIpc) is 2.59. The van der Waals surface area contributed by atoms with Gasteiger partial charge in [0, 0.05) is 12.1 Å². The number of methoxy groups -OCH3 is 2. The summed E-state index contributed by atoms with van der Waals surface area (Å²) >= 11 is 0. The molecular formula is C11H15NO2. The first kappa shape index (κ1) is 9.34. The summed E-state index contributed by atoms with van der Waals surface area (Å²) in [7, 11) is 3.33. The molecule has 0 amide bonds. The van der Waals surface area contributed by atoms with Gasteiger partial charge in [-0.05, 0) is 30.0 Å². The molecule has 0 spiro atoms. The number of nitrogens with two attached hydrogens (primary N) is 1. The molecule has 1 aliphatic rings. The third kappa shape index (κ3) is 1.34. The lowest BCUT2D eigenvalue weighted by atomic mass is 10.1. The predicted molar refractivity (Wildman–Crippen MR) is 54.8 cm³/mol. The zero-order valence-corrected chi connectivity index (χ0v) is 8.54. The SMILES string of the molecule is COc1cc(OC)c2c(c1)C(N)CC2. The van der Waals surface area contributed by atoms with Crippen molar-refractivity contribution in [2.24, 2.45) is 5.73 Å². The Morgan fingerprint density at radius 3 is 2.71 bits per heavy atom. The van der Waals surface area contributed by atoms with E-state index in [2.05, 4.69) is 0 Å². The number of fused-ring (bicyclic) bond motifs is 1. The van der Waals surface area contributed by atoms with E-state index in [4.69, 9.17) is 15.2 Å². The van der Waals surface area contributed by atoms with Crippen LogP contribution in [0.4, 0.5) is 0 Å². The van der Waals surface area contributed by atoms with Crippen molar-refractivity contribution in [1.29, 1.82) is 0 Å². The van der Waals surface area contributed by atoms with Gasteiger partial charge in [-0.2, -0.15) is 0 Å². The molecule has 14 heavy (non-hydrogen) atoms. The number of ether oxygens (including phenoxy) is 2. The van der Waals surface area contributed by atoms with E-state index in [1.807, 2.05) is 12.1 Å². The second-order valence-electron chi connectivity index (χ2n) is 3.54. The maximum atomic E-state index is 5.98. The number of benzene rings is 1. The van der Waals surface area contributed by atoms with E-state index in [1.54, 1.807) is 14.2 Å². The van der Waals surface area contributed by atoms with Crippen molar-refractivity contribution in [3.8, 4) is 11.5 Å². The fourth-order valence-electron chi connectivity index (χ4n) is 1.99. The molecule has 0 saturated heterocycles. The highest BCUT2D eigenvalue weighted by Crippen LogP contribution is 2.38. The third-order valence-electron chi connectivity index (χ3n) is 2.78. The average molecular weight is 193 g/mol. The Morgan fingerprint density at radius 1 is 1.29 bits per heavy atom. The molecule has 1 aromatic rings. The Balaban J connectivity index is 2.52. The van der Waals surface area contributed by atoms with Gasteiger partial charge in [-0.3, -0.25) is 0 Å². The number of rotatable bonds is 2. The van der Waals surface area contributed by atoms with Gasteiger partial charge in [0.2, 0.25) is 0 Å². The van der Waals surface area contributed by atoms with Gasteiger partial charge in [0.05, 0.1) is 14.2 Å². The van der Waals surface area contributed by atoms with Crippen LogP contribution in [0.1, 0.15) is 23.6 Å². The minimum atomic E-state index is 0.133. The zero-order chi connectivity index (χ0) is 10.1. The van der Waals surface area contributed by atoms with Gasteiger partial charge in [-0.1, -0.05) is 0 Å². The van der Waals surface area contributed by atoms with Crippen LogP contribution < -0.4 is 15.2 Å². The quantitative estimate of drug-likeness (QED) is 0.776. The van der Waals surface area contributed by atoms with Crippen molar-refractivity contribution in [1.82, 2.24) is 0 Å². The summed E-state index contributed by atoms with van der Waals surface area (Å²) in [6.45, 7) is 0. The monoisotopic (exact) mass is 193 g/mol. The standard InChI is InChI=1S/C11H15NO2/c1-13-7-5-9-8(3-4-10(9)12)11(6-7)14-2/h5-6,10H,3-4,12H2,1-2H3. The normalized spacial score (nSPS) is 19.2. The fourth-order valence-corrected chi connectivity index (χ4v) is 1.99. The van der Waals surface area contributed by atoms with Gasteiger partial charge < -0.3 is 15.2 Å². The molecule has 2 N–H and O–H groups in total. The second-order valence-corrected chi connectivity index (χ2v) is 3.54. The second kappa shape index (κ2) is 3.50. The summed E-state index contributed by atoms with van der Waals surface area (Å²) in [5, 5.41) is 0. The van der Waals surface area contributed by atoms with Crippen LogP contribution in [-0.2, 0) is 6.42 Å². The molecule has 0 aliphatic heterocycles. The first-order valence-electron chi connectivity index (χ1n) is 4.76. The number of hydrogen-bond donors (Lipinski definition) is 1. The largest absolute Gasteiger partial charge is 0.497 e. The predicted octanol–water partition coefficient (Wildman–Crippen LogP) is 1.65. The minimum Gasteiger partial charge on any atom is -0.497 e. The Labute approximate surface area is 83.8 Å². The van der Waals surface area contributed by atoms with Gasteiger partial charge in [-0.15, -0.1) is 0 Å². The molecular weight excluding hydrogens is 178 g/mol. The molecule has 0 fully saturated rings. The van der Waals surface area contributed by atoms with Crippen LogP contribution in [-0.4, -0.2) is 14.2 Å². The van der Waals surface area contributed by atoms with Crippen molar-refractivity contribution >= 4 is 0 Å². The van der Waals surface area contributed by atoms with E-state index in [9.17, 15) is 0 Å².